The van der Waals surface area contributed by atoms with Gasteiger partial charge in [0.15, 0.2) is 5.96 Å². The summed E-state index contributed by atoms with van der Waals surface area (Å²) in [4.78, 5) is 17.4. The van der Waals surface area contributed by atoms with E-state index in [4.69, 9.17) is 9.47 Å². The Morgan fingerprint density at radius 2 is 2.14 bits per heavy atom. The summed E-state index contributed by atoms with van der Waals surface area (Å²) >= 11 is 0. The molecule has 0 spiro atoms. The van der Waals surface area contributed by atoms with Gasteiger partial charge in [0.1, 0.15) is 12.4 Å². The van der Waals surface area contributed by atoms with E-state index in [1.807, 2.05) is 0 Å². The lowest BCUT2D eigenvalue weighted by Crippen LogP contribution is -2.38. The molecule has 0 radical (unpaired) electrons. The third-order valence-corrected chi connectivity index (χ3v) is 4.47. The van der Waals surface area contributed by atoms with Crippen molar-refractivity contribution in [1.82, 2.24) is 15.5 Å². The van der Waals surface area contributed by atoms with Gasteiger partial charge in [-0.05, 0) is 31.4 Å². The van der Waals surface area contributed by atoms with Crippen LogP contribution in [-0.2, 0) is 16.1 Å². The van der Waals surface area contributed by atoms with Crippen LogP contribution in [-0.4, -0.2) is 63.8 Å². The molecule has 0 aromatic heterocycles. The molecule has 1 fully saturated rings. The number of halogens is 1. The Labute approximate surface area is 185 Å². The van der Waals surface area contributed by atoms with Crippen LogP contribution >= 0.6 is 24.0 Å². The third kappa shape index (κ3) is 8.22. The van der Waals surface area contributed by atoms with Crippen LogP contribution in [0.2, 0.25) is 0 Å². The number of hydrogen-bond donors (Lipinski definition) is 2. The number of nitrogens with zero attached hydrogens (tertiary/aromatic N) is 2. The van der Waals surface area contributed by atoms with Crippen LogP contribution in [0.25, 0.3) is 0 Å². The number of rotatable bonds is 8. The van der Waals surface area contributed by atoms with E-state index in [-0.39, 0.29) is 36.0 Å². The Hall–Kier alpha value is -1.55. The summed E-state index contributed by atoms with van der Waals surface area (Å²) in [6.45, 7) is 4.58. The highest BCUT2D eigenvalue weighted by molar-refractivity contribution is 14.0. The molecule has 1 aromatic carbocycles. The lowest BCUT2D eigenvalue weighted by molar-refractivity contribution is -0.128. The highest BCUT2D eigenvalue weighted by atomic mass is 127. The van der Waals surface area contributed by atoms with Crippen molar-refractivity contribution in [2.75, 3.05) is 40.9 Å². The summed E-state index contributed by atoms with van der Waals surface area (Å²) in [6.07, 6.45) is 2.78. The van der Waals surface area contributed by atoms with Gasteiger partial charge in [0.2, 0.25) is 5.91 Å². The molecule has 7 nitrogen and oxygen atoms in total. The maximum Gasteiger partial charge on any atom is 0.223 e. The Kier molecular flexibility index (Phi) is 11.2. The maximum atomic E-state index is 11.6. The predicted octanol–water partition coefficient (Wildman–Crippen LogP) is 2.31. The number of aryl methyl sites for hydroxylation is 1. The van der Waals surface area contributed by atoms with Gasteiger partial charge >= 0.3 is 0 Å². The van der Waals surface area contributed by atoms with Gasteiger partial charge in [-0.3, -0.25) is 9.79 Å². The Balaban J connectivity index is 0.00000392. The minimum absolute atomic E-state index is 0. The van der Waals surface area contributed by atoms with Gasteiger partial charge in [0.25, 0.3) is 0 Å². The van der Waals surface area contributed by atoms with Crippen LogP contribution in [0, 0.1) is 6.92 Å². The molecule has 1 unspecified atom stereocenters. The summed E-state index contributed by atoms with van der Waals surface area (Å²) in [5, 5.41) is 6.44. The summed E-state index contributed by atoms with van der Waals surface area (Å²) in [5.41, 5.74) is 2.22. The predicted molar refractivity (Wildman–Crippen MR) is 123 cm³/mol. The highest BCUT2D eigenvalue weighted by Crippen LogP contribution is 2.22. The molecule has 1 amide bonds. The lowest BCUT2D eigenvalue weighted by Gasteiger charge is -2.17. The number of ether oxygens (including phenoxy) is 2. The van der Waals surface area contributed by atoms with Gasteiger partial charge in [0, 0.05) is 52.8 Å². The molecule has 1 aromatic rings. The quantitative estimate of drug-likeness (QED) is 0.323. The average Bonchev–Trinajstić information content (AvgIpc) is 3.17. The second-order valence-electron chi connectivity index (χ2n) is 6.95. The van der Waals surface area contributed by atoms with Crippen LogP contribution in [0.1, 0.15) is 30.4 Å². The summed E-state index contributed by atoms with van der Waals surface area (Å²) in [6, 6.07) is 6.19. The minimum atomic E-state index is 0. The van der Waals surface area contributed by atoms with Crippen LogP contribution in [0.4, 0.5) is 0 Å². The zero-order chi connectivity index (χ0) is 19.6. The van der Waals surface area contributed by atoms with E-state index in [1.165, 1.54) is 0 Å². The van der Waals surface area contributed by atoms with Crippen molar-refractivity contribution in [2.45, 2.75) is 38.8 Å². The van der Waals surface area contributed by atoms with Crippen molar-refractivity contribution >= 4 is 35.8 Å². The first-order chi connectivity index (χ1) is 13.0. The van der Waals surface area contributed by atoms with Crippen molar-refractivity contribution in [1.29, 1.82) is 0 Å². The topological polar surface area (TPSA) is 75.2 Å². The molecule has 0 aliphatic carbocycles. The van der Waals surface area contributed by atoms with E-state index in [9.17, 15) is 4.79 Å². The molecule has 2 N–H and O–H groups in total. The molecule has 1 heterocycles. The fourth-order valence-electron chi connectivity index (χ4n) is 2.81. The van der Waals surface area contributed by atoms with Crippen LogP contribution < -0.4 is 15.4 Å². The van der Waals surface area contributed by atoms with Gasteiger partial charge in [-0.2, -0.15) is 0 Å². The minimum Gasteiger partial charge on any atom is -0.491 e. The van der Waals surface area contributed by atoms with E-state index in [2.05, 4.69) is 40.7 Å². The molecule has 1 aliphatic heterocycles. The van der Waals surface area contributed by atoms with Gasteiger partial charge in [-0.1, -0.05) is 12.1 Å². The number of aliphatic imine (C=N–C) groups is 1. The van der Waals surface area contributed by atoms with Crippen molar-refractivity contribution in [2.24, 2.45) is 4.99 Å². The van der Waals surface area contributed by atoms with Crippen molar-refractivity contribution in [3.63, 3.8) is 0 Å². The number of nitrogens with one attached hydrogen (secondary N) is 2. The molecule has 8 heteroatoms. The normalized spacial score (nSPS) is 16.3. The van der Waals surface area contributed by atoms with Gasteiger partial charge in [0.05, 0.1) is 6.10 Å². The van der Waals surface area contributed by atoms with Gasteiger partial charge in [-0.15, -0.1) is 24.0 Å². The molecule has 28 heavy (non-hydrogen) atoms. The molecule has 158 valence electrons. The van der Waals surface area contributed by atoms with Crippen molar-refractivity contribution < 1.29 is 14.3 Å². The molecule has 1 saturated heterocycles. The maximum absolute atomic E-state index is 11.6. The number of benzene rings is 1. The monoisotopic (exact) mass is 504 g/mol. The van der Waals surface area contributed by atoms with Crippen molar-refractivity contribution in [3.05, 3.63) is 29.3 Å². The second kappa shape index (κ2) is 12.8. The molecule has 0 saturated carbocycles. The Morgan fingerprint density at radius 3 is 2.79 bits per heavy atom. The average molecular weight is 504 g/mol. The van der Waals surface area contributed by atoms with E-state index >= 15 is 0 Å². The molecule has 1 atom stereocenters. The summed E-state index contributed by atoms with van der Waals surface area (Å²) in [7, 11) is 5.23. The van der Waals surface area contributed by atoms with Crippen molar-refractivity contribution in [3.8, 4) is 5.75 Å². The van der Waals surface area contributed by atoms with Gasteiger partial charge in [-0.25, -0.2) is 0 Å². The largest absolute Gasteiger partial charge is 0.491 e. The van der Waals surface area contributed by atoms with E-state index < -0.39 is 0 Å². The number of carbonyl (C=O) groups is 1. The van der Waals surface area contributed by atoms with E-state index in [0.717, 1.165) is 36.3 Å². The van der Waals surface area contributed by atoms with Gasteiger partial charge < -0.3 is 25.0 Å². The zero-order valence-corrected chi connectivity index (χ0v) is 19.6. The molecule has 2 rings (SSSR count). The van der Waals surface area contributed by atoms with Crippen LogP contribution in [0.15, 0.2) is 23.2 Å². The SMILES string of the molecule is CN=C(NCCC(=O)N(C)C)NCc1ccc(C)cc1OCC1CCCO1.I. The number of guanidine groups is 1. The first kappa shape index (κ1) is 24.5. The smallest absolute Gasteiger partial charge is 0.223 e. The van der Waals surface area contributed by atoms with E-state index in [1.54, 1.807) is 26.0 Å². The van der Waals surface area contributed by atoms with Crippen LogP contribution in [0.3, 0.4) is 0 Å². The van der Waals surface area contributed by atoms with E-state index in [0.29, 0.717) is 32.1 Å². The molecular weight excluding hydrogens is 471 g/mol. The Bertz CT molecular complexity index is 646. The Morgan fingerprint density at radius 1 is 1.36 bits per heavy atom. The number of hydrogen-bond acceptors (Lipinski definition) is 4. The standard InChI is InChI=1S/C20H32N4O3.HI/c1-15-7-8-16(18(12-15)27-14-17-6-5-11-26-17)13-23-20(21-2)22-10-9-19(25)24(3)4;/h7-8,12,17H,5-6,9-11,13-14H2,1-4H3,(H2,21,22,23);1H. The fourth-order valence-corrected chi connectivity index (χ4v) is 2.81. The fraction of sp³-hybridized carbons (Fsp3) is 0.600. The summed E-state index contributed by atoms with van der Waals surface area (Å²) in [5.74, 6) is 1.62. The lowest BCUT2D eigenvalue weighted by atomic mass is 10.1. The molecule has 1 aliphatic rings. The first-order valence-corrected chi connectivity index (χ1v) is 9.48. The first-order valence-electron chi connectivity index (χ1n) is 9.48. The third-order valence-electron chi connectivity index (χ3n) is 4.47. The van der Waals surface area contributed by atoms with Crippen LogP contribution in [0.5, 0.6) is 5.75 Å². The summed E-state index contributed by atoms with van der Waals surface area (Å²) < 4.78 is 11.7. The zero-order valence-electron chi connectivity index (χ0n) is 17.3. The number of amides is 1. The second-order valence-corrected chi connectivity index (χ2v) is 6.95. The molecule has 0 bridgehead atoms. The highest BCUT2D eigenvalue weighted by Gasteiger charge is 2.17. The number of carbonyl (C=O) groups excluding carboxylic acids is 1. The molecular formula is C20H33IN4O3.